The van der Waals surface area contributed by atoms with Crippen molar-refractivity contribution in [2.75, 3.05) is 12.3 Å². The second-order valence-corrected chi connectivity index (χ2v) is 7.97. The molecular weight excluding hydrogens is 336 g/mol. The van der Waals surface area contributed by atoms with E-state index in [-0.39, 0.29) is 0 Å². The lowest BCUT2D eigenvalue weighted by molar-refractivity contribution is 0.252. The zero-order chi connectivity index (χ0) is 18.2. The second-order valence-electron chi connectivity index (χ2n) is 7.97. The first-order chi connectivity index (χ1) is 13.3. The van der Waals surface area contributed by atoms with Gasteiger partial charge in [-0.15, -0.1) is 0 Å². The molecule has 5 heteroatoms. The molecule has 2 aliphatic rings. The molecule has 2 aliphatic carbocycles. The smallest absolute Gasteiger partial charge is 0.150 e. The van der Waals surface area contributed by atoms with E-state index in [4.69, 9.17) is 15.5 Å². The van der Waals surface area contributed by atoms with Gasteiger partial charge in [0.15, 0.2) is 0 Å². The molecule has 3 aromatic rings. The fraction of sp³-hybridized carbons (Fsp3) is 0.455. The largest absolute Gasteiger partial charge is 0.493 e. The van der Waals surface area contributed by atoms with Crippen LogP contribution in [0.3, 0.4) is 0 Å². The molecule has 2 N–H and O–H groups in total. The number of aromatic nitrogens is 3. The first-order valence-electron chi connectivity index (χ1n) is 10.2. The van der Waals surface area contributed by atoms with E-state index in [1.54, 1.807) is 6.20 Å². The molecule has 5 nitrogen and oxygen atoms in total. The summed E-state index contributed by atoms with van der Waals surface area (Å²) in [6.07, 6.45) is 12.7. The number of ether oxygens (including phenoxy) is 1. The third kappa shape index (κ3) is 3.05. The van der Waals surface area contributed by atoms with Gasteiger partial charge in [-0.3, -0.25) is 4.40 Å². The van der Waals surface area contributed by atoms with Crippen LogP contribution in [0.2, 0.25) is 0 Å². The number of benzene rings is 1. The summed E-state index contributed by atoms with van der Waals surface area (Å²) in [5.41, 5.74) is 9.11. The van der Waals surface area contributed by atoms with Gasteiger partial charge >= 0.3 is 0 Å². The molecule has 0 amide bonds. The van der Waals surface area contributed by atoms with Crippen LogP contribution in [0.25, 0.3) is 16.8 Å². The van der Waals surface area contributed by atoms with E-state index < -0.39 is 0 Å². The molecule has 2 heterocycles. The third-order valence-corrected chi connectivity index (χ3v) is 6.15. The number of anilines is 1. The van der Waals surface area contributed by atoms with Gasteiger partial charge in [-0.25, -0.2) is 9.97 Å². The Labute approximate surface area is 159 Å². The molecule has 2 saturated carbocycles. The van der Waals surface area contributed by atoms with Gasteiger partial charge in [-0.1, -0.05) is 31.4 Å². The quantitative estimate of drug-likeness (QED) is 0.707. The SMILES string of the molecule is Nc1nccn2c(C3CCC3)nc(-c3cccc(OCC4CCCC4)c3)c12. The zero-order valence-electron chi connectivity index (χ0n) is 15.6. The van der Waals surface area contributed by atoms with Crippen LogP contribution in [0, 0.1) is 5.92 Å². The van der Waals surface area contributed by atoms with Crippen LogP contribution in [-0.4, -0.2) is 21.0 Å². The zero-order valence-corrected chi connectivity index (χ0v) is 15.6. The van der Waals surface area contributed by atoms with Crippen molar-refractivity contribution in [3.63, 3.8) is 0 Å². The van der Waals surface area contributed by atoms with E-state index in [0.29, 0.717) is 17.7 Å². The highest BCUT2D eigenvalue weighted by molar-refractivity contribution is 5.85. The number of imidazole rings is 1. The summed E-state index contributed by atoms with van der Waals surface area (Å²) >= 11 is 0. The second kappa shape index (κ2) is 6.87. The number of nitrogens with two attached hydrogens (primary N) is 1. The first-order valence-corrected chi connectivity index (χ1v) is 10.2. The number of nitrogens with zero attached hydrogens (tertiary/aromatic N) is 3. The third-order valence-electron chi connectivity index (χ3n) is 6.15. The molecule has 0 radical (unpaired) electrons. The monoisotopic (exact) mass is 362 g/mol. The normalized spacial score (nSPS) is 18.1. The molecule has 0 atom stereocenters. The van der Waals surface area contributed by atoms with Gasteiger partial charge in [-0.2, -0.15) is 0 Å². The van der Waals surface area contributed by atoms with Crippen LogP contribution in [0.4, 0.5) is 5.82 Å². The van der Waals surface area contributed by atoms with E-state index in [1.165, 1.54) is 44.9 Å². The van der Waals surface area contributed by atoms with E-state index in [1.807, 2.05) is 18.3 Å². The molecule has 27 heavy (non-hydrogen) atoms. The van der Waals surface area contributed by atoms with Gasteiger partial charge in [0.2, 0.25) is 0 Å². The number of fused-ring (bicyclic) bond motifs is 1. The molecular formula is C22H26N4O. The van der Waals surface area contributed by atoms with Crippen LogP contribution in [0.15, 0.2) is 36.7 Å². The molecule has 0 spiro atoms. The van der Waals surface area contributed by atoms with E-state index in [0.717, 1.165) is 35.0 Å². The summed E-state index contributed by atoms with van der Waals surface area (Å²) in [5.74, 6) is 3.77. The minimum absolute atomic E-state index is 0.523. The standard InChI is InChI=1S/C22H26N4O/c23-21-20-19(25-22(16-7-3-8-16)26(20)12-11-24-21)17-9-4-10-18(13-17)27-14-15-5-1-2-6-15/h4,9-13,15-16H,1-3,5-8,14H2,(H2,23,24). The van der Waals surface area contributed by atoms with Crippen LogP contribution in [0.1, 0.15) is 56.7 Å². The van der Waals surface area contributed by atoms with Crippen LogP contribution in [-0.2, 0) is 0 Å². The van der Waals surface area contributed by atoms with Gasteiger partial charge in [-0.05, 0) is 43.7 Å². The number of hydrogen-bond acceptors (Lipinski definition) is 4. The van der Waals surface area contributed by atoms with Gasteiger partial charge in [0, 0.05) is 23.9 Å². The molecule has 140 valence electrons. The number of rotatable bonds is 5. The summed E-state index contributed by atoms with van der Waals surface area (Å²) in [5, 5.41) is 0. The first kappa shape index (κ1) is 16.6. The Balaban J connectivity index is 1.50. The van der Waals surface area contributed by atoms with Crippen molar-refractivity contribution < 1.29 is 4.74 Å². The van der Waals surface area contributed by atoms with Crippen LogP contribution < -0.4 is 10.5 Å². The molecule has 5 rings (SSSR count). The Morgan fingerprint density at radius 3 is 2.74 bits per heavy atom. The molecule has 2 aromatic heterocycles. The van der Waals surface area contributed by atoms with Crippen molar-refractivity contribution in [3.8, 4) is 17.0 Å². The maximum atomic E-state index is 6.24. The highest BCUT2D eigenvalue weighted by Crippen LogP contribution is 2.39. The fourth-order valence-corrected chi connectivity index (χ4v) is 4.37. The van der Waals surface area contributed by atoms with Gasteiger partial charge in [0.05, 0.1) is 6.61 Å². The van der Waals surface area contributed by atoms with E-state index in [9.17, 15) is 0 Å². The Bertz CT molecular complexity index is 954. The Morgan fingerprint density at radius 2 is 1.96 bits per heavy atom. The average molecular weight is 362 g/mol. The van der Waals surface area contributed by atoms with Gasteiger partial charge in [0.1, 0.15) is 28.6 Å². The van der Waals surface area contributed by atoms with Crippen LogP contribution in [0.5, 0.6) is 5.75 Å². The van der Waals surface area contributed by atoms with Crippen molar-refractivity contribution in [2.45, 2.75) is 50.9 Å². The van der Waals surface area contributed by atoms with E-state index >= 15 is 0 Å². The van der Waals surface area contributed by atoms with Crippen molar-refractivity contribution in [1.29, 1.82) is 0 Å². The Morgan fingerprint density at radius 1 is 1.11 bits per heavy atom. The highest BCUT2D eigenvalue weighted by atomic mass is 16.5. The predicted octanol–water partition coefficient (Wildman–Crippen LogP) is 4.82. The molecule has 0 saturated heterocycles. The molecule has 0 unspecified atom stereocenters. The molecule has 0 aliphatic heterocycles. The van der Waals surface area contributed by atoms with Crippen molar-refractivity contribution in [2.24, 2.45) is 5.92 Å². The van der Waals surface area contributed by atoms with E-state index in [2.05, 4.69) is 21.5 Å². The Hall–Kier alpha value is -2.56. The maximum absolute atomic E-state index is 6.24. The summed E-state index contributed by atoms with van der Waals surface area (Å²) < 4.78 is 8.23. The summed E-state index contributed by atoms with van der Waals surface area (Å²) in [4.78, 5) is 9.32. The minimum atomic E-state index is 0.523. The maximum Gasteiger partial charge on any atom is 0.150 e. The summed E-state index contributed by atoms with van der Waals surface area (Å²) in [6, 6.07) is 8.25. The minimum Gasteiger partial charge on any atom is -0.493 e. The van der Waals surface area contributed by atoms with Gasteiger partial charge in [0.25, 0.3) is 0 Å². The van der Waals surface area contributed by atoms with Crippen molar-refractivity contribution in [1.82, 2.24) is 14.4 Å². The number of hydrogen-bond donors (Lipinski definition) is 1. The predicted molar refractivity (Wildman–Crippen MR) is 107 cm³/mol. The summed E-state index contributed by atoms with van der Waals surface area (Å²) in [6.45, 7) is 0.810. The summed E-state index contributed by atoms with van der Waals surface area (Å²) in [7, 11) is 0. The molecule has 1 aromatic carbocycles. The molecule has 2 fully saturated rings. The van der Waals surface area contributed by atoms with Crippen molar-refractivity contribution >= 4 is 11.3 Å². The lowest BCUT2D eigenvalue weighted by Gasteiger charge is -2.23. The topological polar surface area (TPSA) is 65.4 Å². The average Bonchev–Trinajstić information content (AvgIpc) is 3.28. The molecule has 0 bridgehead atoms. The van der Waals surface area contributed by atoms with Gasteiger partial charge < -0.3 is 10.5 Å². The number of nitrogen functional groups attached to an aromatic ring is 1. The Kier molecular flexibility index (Phi) is 4.23. The highest BCUT2D eigenvalue weighted by Gasteiger charge is 2.27. The van der Waals surface area contributed by atoms with Crippen LogP contribution >= 0.6 is 0 Å². The lowest BCUT2D eigenvalue weighted by atomic mass is 9.85. The van der Waals surface area contributed by atoms with Crippen molar-refractivity contribution in [3.05, 3.63) is 42.5 Å². The lowest BCUT2D eigenvalue weighted by Crippen LogP contribution is -2.12. The fourth-order valence-electron chi connectivity index (χ4n) is 4.37.